The molecule has 3 rings (SSSR count). The van der Waals surface area contributed by atoms with Gasteiger partial charge in [-0.2, -0.15) is 4.98 Å². The topological polar surface area (TPSA) is 86.1 Å². The number of benzene rings is 1. The summed E-state index contributed by atoms with van der Waals surface area (Å²) in [6.07, 6.45) is 2.78. The van der Waals surface area contributed by atoms with E-state index < -0.39 is 0 Å². The molecule has 0 saturated heterocycles. The molecule has 0 saturated carbocycles. The van der Waals surface area contributed by atoms with Crippen LogP contribution in [0.2, 0.25) is 0 Å². The summed E-state index contributed by atoms with van der Waals surface area (Å²) in [5.74, 6) is 0.661. The second kappa shape index (κ2) is 6.20. The highest BCUT2D eigenvalue weighted by molar-refractivity contribution is 5.89. The van der Waals surface area contributed by atoms with Crippen LogP contribution in [0.5, 0.6) is 0 Å². The zero-order valence-electron chi connectivity index (χ0n) is 13.1. The summed E-state index contributed by atoms with van der Waals surface area (Å²) >= 11 is 0. The first-order valence-electron chi connectivity index (χ1n) is 7.50. The summed E-state index contributed by atoms with van der Waals surface area (Å²) in [6, 6.07) is 7.38. The zero-order valence-corrected chi connectivity index (χ0v) is 13.1. The Hall–Kier alpha value is -2.70. The molecule has 1 aliphatic rings. The molecule has 1 atom stereocenters. The highest BCUT2D eigenvalue weighted by atomic mass is 16.5. The number of esters is 1. The van der Waals surface area contributed by atoms with E-state index in [1.54, 1.807) is 12.1 Å². The predicted molar refractivity (Wildman–Crippen MR) is 83.2 cm³/mol. The van der Waals surface area contributed by atoms with Crippen molar-refractivity contribution in [2.45, 2.75) is 32.2 Å². The van der Waals surface area contributed by atoms with Gasteiger partial charge in [-0.25, -0.2) is 9.48 Å². The first-order chi connectivity index (χ1) is 11.1. The lowest BCUT2D eigenvalue weighted by Crippen LogP contribution is -2.20. The van der Waals surface area contributed by atoms with Gasteiger partial charge < -0.3 is 4.74 Å². The van der Waals surface area contributed by atoms with Crippen molar-refractivity contribution >= 4 is 17.8 Å². The largest absolute Gasteiger partial charge is 0.465 e. The number of anilines is 1. The number of carbonyl (C=O) groups is 2. The van der Waals surface area contributed by atoms with E-state index in [-0.39, 0.29) is 17.9 Å². The number of fused-ring (bicyclic) bond motifs is 1. The molecule has 1 N–H and O–H groups in total. The smallest absolute Gasteiger partial charge is 0.337 e. The third kappa shape index (κ3) is 3.08. The van der Waals surface area contributed by atoms with Gasteiger partial charge in [0.15, 0.2) is 0 Å². The summed E-state index contributed by atoms with van der Waals surface area (Å²) in [7, 11) is 1.36. The number of ether oxygens (including phenoxy) is 1. The van der Waals surface area contributed by atoms with E-state index in [4.69, 9.17) is 4.74 Å². The van der Waals surface area contributed by atoms with Crippen LogP contribution >= 0.6 is 0 Å². The quantitative estimate of drug-likeness (QED) is 0.875. The molecule has 7 nitrogen and oxygen atoms in total. The SMILES string of the molecule is COC(=O)c1ccc(C2CCCc3nc(NC(C)=O)nn32)cc1. The number of hydrogen-bond acceptors (Lipinski definition) is 5. The van der Waals surface area contributed by atoms with Crippen LogP contribution in [0, 0.1) is 0 Å². The molecule has 0 radical (unpaired) electrons. The second-order valence-electron chi connectivity index (χ2n) is 5.50. The number of rotatable bonds is 3. The van der Waals surface area contributed by atoms with Crippen LogP contribution in [0.3, 0.4) is 0 Å². The van der Waals surface area contributed by atoms with E-state index in [1.165, 1.54) is 14.0 Å². The Morgan fingerprint density at radius 1 is 1.30 bits per heavy atom. The maximum Gasteiger partial charge on any atom is 0.337 e. The van der Waals surface area contributed by atoms with E-state index >= 15 is 0 Å². The molecule has 2 aromatic rings. The number of nitrogens with zero attached hydrogens (tertiary/aromatic N) is 3. The third-order valence-electron chi connectivity index (χ3n) is 3.88. The van der Waals surface area contributed by atoms with E-state index in [9.17, 15) is 9.59 Å². The number of methoxy groups -OCH3 is 1. The molecule has 7 heteroatoms. The minimum atomic E-state index is -0.352. The van der Waals surface area contributed by atoms with Gasteiger partial charge in [-0.3, -0.25) is 10.1 Å². The maximum atomic E-state index is 11.5. The predicted octanol–water partition coefficient (Wildman–Crippen LogP) is 1.95. The summed E-state index contributed by atoms with van der Waals surface area (Å²) in [5.41, 5.74) is 1.57. The molecule has 1 aromatic carbocycles. The average molecular weight is 314 g/mol. The molecular weight excluding hydrogens is 296 g/mol. The summed E-state index contributed by atoms with van der Waals surface area (Å²) < 4.78 is 6.57. The molecule has 23 heavy (non-hydrogen) atoms. The minimum absolute atomic E-state index is 0.0560. The highest BCUT2D eigenvalue weighted by Gasteiger charge is 2.25. The van der Waals surface area contributed by atoms with Gasteiger partial charge in [0.25, 0.3) is 0 Å². The van der Waals surface area contributed by atoms with Gasteiger partial charge in [0.1, 0.15) is 5.82 Å². The van der Waals surface area contributed by atoms with E-state index in [0.29, 0.717) is 11.5 Å². The second-order valence-corrected chi connectivity index (χ2v) is 5.50. The van der Waals surface area contributed by atoms with Crippen LogP contribution < -0.4 is 5.32 Å². The lowest BCUT2D eigenvalue weighted by molar-refractivity contribution is -0.114. The monoisotopic (exact) mass is 314 g/mol. The molecule has 2 heterocycles. The Balaban J connectivity index is 1.89. The van der Waals surface area contributed by atoms with Crippen molar-refractivity contribution in [2.24, 2.45) is 0 Å². The number of nitrogens with one attached hydrogen (secondary N) is 1. The van der Waals surface area contributed by atoms with Crippen molar-refractivity contribution in [3.05, 3.63) is 41.2 Å². The van der Waals surface area contributed by atoms with E-state index in [1.807, 2.05) is 16.8 Å². The van der Waals surface area contributed by atoms with Crippen molar-refractivity contribution in [1.29, 1.82) is 0 Å². The Labute approximate surface area is 133 Å². The Bertz CT molecular complexity index is 736. The maximum absolute atomic E-state index is 11.5. The fourth-order valence-corrected chi connectivity index (χ4v) is 2.83. The Morgan fingerprint density at radius 2 is 2.04 bits per heavy atom. The lowest BCUT2D eigenvalue weighted by Gasteiger charge is -2.23. The summed E-state index contributed by atoms with van der Waals surface area (Å²) in [4.78, 5) is 27.1. The third-order valence-corrected chi connectivity index (χ3v) is 3.88. The van der Waals surface area contributed by atoms with Gasteiger partial charge in [0.05, 0.1) is 18.7 Å². The van der Waals surface area contributed by atoms with Crippen LogP contribution in [-0.4, -0.2) is 33.8 Å². The number of aryl methyl sites for hydroxylation is 1. The van der Waals surface area contributed by atoms with Crippen molar-refractivity contribution in [2.75, 3.05) is 12.4 Å². The Morgan fingerprint density at radius 3 is 2.70 bits per heavy atom. The number of carbonyl (C=O) groups excluding carboxylic acids is 2. The molecule has 0 fully saturated rings. The highest BCUT2D eigenvalue weighted by Crippen LogP contribution is 2.30. The van der Waals surface area contributed by atoms with Gasteiger partial charge in [0, 0.05) is 13.3 Å². The minimum Gasteiger partial charge on any atom is -0.465 e. The molecule has 1 aromatic heterocycles. The van der Waals surface area contributed by atoms with E-state index in [2.05, 4.69) is 15.4 Å². The van der Waals surface area contributed by atoms with Gasteiger partial charge in [0.2, 0.25) is 11.9 Å². The molecular formula is C16H18N4O3. The fourth-order valence-electron chi connectivity index (χ4n) is 2.83. The molecule has 0 bridgehead atoms. The molecule has 1 amide bonds. The number of aromatic nitrogens is 3. The zero-order chi connectivity index (χ0) is 16.4. The standard InChI is InChI=1S/C16H18N4O3/c1-10(21)17-16-18-14-5-3-4-13(20(14)19-16)11-6-8-12(9-7-11)15(22)23-2/h6-9,13H,3-5H2,1-2H3,(H,17,19,21). The fraction of sp³-hybridized carbons (Fsp3) is 0.375. The van der Waals surface area contributed by atoms with Crippen molar-refractivity contribution in [1.82, 2.24) is 14.8 Å². The number of amides is 1. The van der Waals surface area contributed by atoms with Gasteiger partial charge in [-0.15, -0.1) is 5.10 Å². The first kappa shape index (κ1) is 15.2. The van der Waals surface area contributed by atoms with E-state index in [0.717, 1.165) is 30.7 Å². The van der Waals surface area contributed by atoms with Crippen molar-refractivity contribution in [3.63, 3.8) is 0 Å². The number of hydrogen-bond donors (Lipinski definition) is 1. The normalized spacial score (nSPS) is 16.5. The molecule has 0 aliphatic carbocycles. The van der Waals surface area contributed by atoms with Crippen LogP contribution in [0.15, 0.2) is 24.3 Å². The summed E-state index contributed by atoms with van der Waals surface area (Å²) in [5, 5.41) is 7.03. The summed E-state index contributed by atoms with van der Waals surface area (Å²) in [6.45, 7) is 1.43. The lowest BCUT2D eigenvalue weighted by atomic mass is 9.97. The molecule has 120 valence electrons. The molecule has 1 aliphatic heterocycles. The van der Waals surface area contributed by atoms with Gasteiger partial charge >= 0.3 is 5.97 Å². The van der Waals surface area contributed by atoms with Crippen molar-refractivity contribution < 1.29 is 14.3 Å². The van der Waals surface area contributed by atoms with Crippen LogP contribution in [0.1, 0.15) is 47.6 Å². The van der Waals surface area contributed by atoms with Crippen molar-refractivity contribution in [3.8, 4) is 0 Å². The van der Waals surface area contributed by atoms with Crippen LogP contribution in [0.25, 0.3) is 0 Å². The molecule has 1 unspecified atom stereocenters. The van der Waals surface area contributed by atoms with Gasteiger partial charge in [-0.1, -0.05) is 12.1 Å². The first-order valence-corrected chi connectivity index (χ1v) is 7.50. The average Bonchev–Trinajstić information content (AvgIpc) is 2.95. The van der Waals surface area contributed by atoms with Crippen LogP contribution in [-0.2, 0) is 16.0 Å². The van der Waals surface area contributed by atoms with Gasteiger partial charge in [-0.05, 0) is 30.5 Å². The Kier molecular flexibility index (Phi) is 4.10. The van der Waals surface area contributed by atoms with Crippen LogP contribution in [0.4, 0.5) is 5.95 Å². The molecule has 0 spiro atoms.